The second kappa shape index (κ2) is 9.42. The lowest BCUT2D eigenvalue weighted by Gasteiger charge is -2.39. The summed E-state index contributed by atoms with van der Waals surface area (Å²) in [7, 11) is -2.52. The van der Waals surface area contributed by atoms with Gasteiger partial charge in [-0.3, -0.25) is 9.69 Å². The quantitative estimate of drug-likeness (QED) is 0.593. The highest BCUT2D eigenvalue weighted by Gasteiger charge is 2.30. The topological polar surface area (TPSA) is 82.9 Å². The minimum Gasteiger partial charge on any atom is -0.438 e. The first-order chi connectivity index (χ1) is 15.8. The Morgan fingerprint density at radius 2 is 1.39 bits per heavy atom. The third-order valence-electron chi connectivity index (χ3n) is 5.66. The highest BCUT2D eigenvalue weighted by molar-refractivity contribution is 7.89. The zero-order valence-corrected chi connectivity index (χ0v) is 18.7. The second-order valence-electron chi connectivity index (χ2n) is 7.66. The number of hydrogen-bond donors (Lipinski definition) is 1. The monoisotopic (exact) mass is 475 g/mol. The highest BCUT2D eigenvalue weighted by Crippen LogP contribution is 2.30. The van der Waals surface area contributed by atoms with Crippen LogP contribution in [0.25, 0.3) is 0 Å². The molecule has 1 aliphatic rings. The summed E-state index contributed by atoms with van der Waals surface area (Å²) in [5.74, 6) is -1.13. The van der Waals surface area contributed by atoms with E-state index in [1.165, 1.54) is 43.4 Å². The summed E-state index contributed by atoms with van der Waals surface area (Å²) in [5, 5.41) is -0.320. The molecule has 1 fully saturated rings. The molecule has 1 amide bonds. The summed E-state index contributed by atoms with van der Waals surface area (Å²) in [6.07, 6.45) is 0. The van der Waals surface area contributed by atoms with Crippen LogP contribution in [-0.4, -0.2) is 57.4 Å². The lowest BCUT2D eigenvalue weighted by Crippen LogP contribution is -2.49. The molecule has 0 radical (unpaired) electrons. The smallest absolute Gasteiger partial charge is 0.289 e. The summed E-state index contributed by atoms with van der Waals surface area (Å²) >= 11 is 0. The molecule has 174 valence electrons. The van der Waals surface area contributed by atoms with E-state index in [1.807, 2.05) is 0 Å². The van der Waals surface area contributed by atoms with Gasteiger partial charge in [0.25, 0.3) is 15.9 Å². The van der Waals surface area contributed by atoms with Crippen molar-refractivity contribution < 1.29 is 26.4 Å². The van der Waals surface area contributed by atoms with E-state index in [1.54, 1.807) is 29.2 Å². The molecular formula is C23H23F2N3O4S. The van der Waals surface area contributed by atoms with E-state index in [2.05, 4.69) is 9.62 Å². The van der Waals surface area contributed by atoms with Crippen LogP contribution in [0, 0.1) is 11.6 Å². The maximum atomic E-state index is 13.5. The maximum Gasteiger partial charge on any atom is 0.289 e. The number of nitrogens with one attached hydrogen (secondary N) is 1. The second-order valence-corrected chi connectivity index (χ2v) is 9.48. The molecule has 1 aliphatic heterocycles. The molecule has 10 heteroatoms. The first-order valence-corrected chi connectivity index (χ1v) is 11.8. The number of hydrogen-bond acceptors (Lipinski definition) is 5. The van der Waals surface area contributed by atoms with E-state index in [0.29, 0.717) is 26.2 Å². The molecule has 1 saturated heterocycles. The zero-order chi connectivity index (χ0) is 23.6. The Labute approximate surface area is 190 Å². The Hall–Kier alpha value is -3.08. The van der Waals surface area contributed by atoms with E-state index in [0.717, 1.165) is 11.1 Å². The Balaban J connectivity index is 1.51. The number of sulfonamides is 1. The van der Waals surface area contributed by atoms with E-state index < -0.39 is 15.9 Å². The van der Waals surface area contributed by atoms with Crippen LogP contribution >= 0.6 is 0 Å². The van der Waals surface area contributed by atoms with Crippen LogP contribution in [0.5, 0.6) is 0 Å². The van der Waals surface area contributed by atoms with Gasteiger partial charge >= 0.3 is 0 Å². The molecule has 7 nitrogen and oxygen atoms in total. The molecule has 0 atom stereocenters. The summed E-state index contributed by atoms with van der Waals surface area (Å²) in [6.45, 7) is 1.78. The molecule has 3 aromatic rings. The predicted molar refractivity (Wildman–Crippen MR) is 117 cm³/mol. The number of rotatable bonds is 6. The van der Waals surface area contributed by atoms with Crippen LogP contribution in [-0.2, 0) is 10.0 Å². The van der Waals surface area contributed by atoms with Gasteiger partial charge in [-0.1, -0.05) is 24.3 Å². The molecule has 2 heterocycles. The van der Waals surface area contributed by atoms with Gasteiger partial charge in [-0.05, 0) is 54.6 Å². The SMILES string of the molecule is CNS(=O)(=O)c1ccc(C(=O)N2CCN(C(c3ccc(F)cc3)c3ccc(F)cc3)CC2)o1. The molecule has 0 unspecified atom stereocenters. The Bertz CT molecular complexity index is 1170. The van der Waals surface area contributed by atoms with Crippen molar-refractivity contribution in [2.75, 3.05) is 33.2 Å². The summed E-state index contributed by atoms with van der Waals surface area (Å²) < 4.78 is 58.1. The molecule has 0 aliphatic carbocycles. The van der Waals surface area contributed by atoms with Gasteiger partial charge in [0.05, 0.1) is 6.04 Å². The number of nitrogens with zero attached hydrogens (tertiary/aromatic N) is 2. The fourth-order valence-corrected chi connectivity index (χ4v) is 4.57. The van der Waals surface area contributed by atoms with Gasteiger partial charge in [-0.25, -0.2) is 21.9 Å². The number of amides is 1. The molecule has 0 bridgehead atoms. The van der Waals surface area contributed by atoms with Gasteiger partial charge in [-0.2, -0.15) is 0 Å². The first-order valence-electron chi connectivity index (χ1n) is 10.4. The third kappa shape index (κ3) is 4.97. The van der Waals surface area contributed by atoms with Crippen LogP contribution in [0.2, 0.25) is 0 Å². The van der Waals surface area contributed by atoms with Crippen molar-refractivity contribution in [3.05, 3.63) is 89.2 Å². The lowest BCUT2D eigenvalue weighted by molar-refractivity contribution is 0.0562. The van der Waals surface area contributed by atoms with E-state index in [-0.39, 0.29) is 28.5 Å². The number of carbonyl (C=O) groups excluding carboxylic acids is 1. The van der Waals surface area contributed by atoms with E-state index in [4.69, 9.17) is 4.42 Å². The molecule has 4 rings (SSSR count). The van der Waals surface area contributed by atoms with Gasteiger partial charge in [0.2, 0.25) is 5.09 Å². The van der Waals surface area contributed by atoms with Gasteiger partial charge in [0.1, 0.15) is 11.6 Å². The number of piperazine rings is 1. The molecule has 1 aromatic heterocycles. The minimum absolute atomic E-state index is 0.0501. The van der Waals surface area contributed by atoms with Crippen LogP contribution in [0.3, 0.4) is 0 Å². The van der Waals surface area contributed by atoms with Crippen molar-refractivity contribution in [3.63, 3.8) is 0 Å². The van der Waals surface area contributed by atoms with Gasteiger partial charge in [0.15, 0.2) is 5.76 Å². The molecule has 0 spiro atoms. The third-order valence-corrected chi connectivity index (χ3v) is 6.95. The predicted octanol–water partition coefficient (Wildman–Crippen LogP) is 3.01. The van der Waals surface area contributed by atoms with Crippen LogP contribution in [0.4, 0.5) is 8.78 Å². The largest absolute Gasteiger partial charge is 0.438 e. The molecule has 2 aromatic carbocycles. The van der Waals surface area contributed by atoms with Crippen molar-refractivity contribution in [1.82, 2.24) is 14.5 Å². The zero-order valence-electron chi connectivity index (χ0n) is 17.9. The normalized spacial score (nSPS) is 15.2. The Morgan fingerprint density at radius 1 is 0.879 bits per heavy atom. The molecule has 1 N–H and O–H groups in total. The van der Waals surface area contributed by atoms with E-state index in [9.17, 15) is 22.0 Å². The van der Waals surface area contributed by atoms with Crippen molar-refractivity contribution >= 4 is 15.9 Å². The van der Waals surface area contributed by atoms with Crippen LogP contribution in [0.1, 0.15) is 27.7 Å². The fourth-order valence-electron chi connectivity index (χ4n) is 3.92. The average molecular weight is 476 g/mol. The van der Waals surface area contributed by atoms with Crippen LogP contribution in [0.15, 0.2) is 70.2 Å². The average Bonchev–Trinajstić information content (AvgIpc) is 3.33. The fraction of sp³-hybridized carbons (Fsp3) is 0.261. The summed E-state index contributed by atoms with van der Waals surface area (Å²) in [5.41, 5.74) is 1.71. The number of halogens is 2. The lowest BCUT2D eigenvalue weighted by atomic mass is 9.96. The molecule has 0 saturated carbocycles. The summed E-state index contributed by atoms with van der Waals surface area (Å²) in [6, 6.07) is 14.7. The van der Waals surface area contributed by atoms with Crippen molar-refractivity contribution in [2.24, 2.45) is 0 Å². The minimum atomic E-state index is -3.78. The van der Waals surface area contributed by atoms with Crippen LogP contribution < -0.4 is 4.72 Å². The maximum absolute atomic E-state index is 13.5. The van der Waals surface area contributed by atoms with Crippen molar-refractivity contribution in [1.29, 1.82) is 0 Å². The number of benzene rings is 2. The Morgan fingerprint density at radius 3 is 1.88 bits per heavy atom. The highest BCUT2D eigenvalue weighted by atomic mass is 32.2. The number of carbonyl (C=O) groups is 1. The van der Waals surface area contributed by atoms with Crippen molar-refractivity contribution in [3.8, 4) is 0 Å². The van der Waals surface area contributed by atoms with Crippen molar-refractivity contribution in [2.45, 2.75) is 11.1 Å². The van der Waals surface area contributed by atoms with E-state index >= 15 is 0 Å². The standard InChI is InChI=1S/C23H23F2N3O4S/c1-26-33(30,31)21-11-10-20(32-21)23(29)28-14-12-27(13-15-28)22(16-2-6-18(24)7-3-16)17-4-8-19(25)9-5-17/h2-11,22,26H,12-15H2,1H3. The molecule has 33 heavy (non-hydrogen) atoms. The van der Waals surface area contributed by atoms with Gasteiger partial charge in [-0.15, -0.1) is 0 Å². The van der Waals surface area contributed by atoms with Gasteiger partial charge in [0, 0.05) is 26.2 Å². The van der Waals surface area contributed by atoms with Gasteiger partial charge < -0.3 is 9.32 Å². The molecular weight excluding hydrogens is 452 g/mol. The number of furan rings is 1. The first kappa shape index (κ1) is 23.1. The Kier molecular flexibility index (Phi) is 6.59. The summed E-state index contributed by atoms with van der Waals surface area (Å²) in [4.78, 5) is 16.6.